The zero-order valence-electron chi connectivity index (χ0n) is 17.7. The molecule has 31 heavy (non-hydrogen) atoms. The van der Waals surface area contributed by atoms with E-state index in [0.717, 1.165) is 43.6 Å². The number of nitriles is 1. The molecular formula is C25H26N6. The monoisotopic (exact) mass is 410 g/mol. The molecular weight excluding hydrogens is 384 g/mol. The molecule has 3 aliphatic rings. The summed E-state index contributed by atoms with van der Waals surface area (Å²) in [6.45, 7) is 7.36. The minimum absolute atomic E-state index is 0.389. The topological polar surface area (TPSA) is 67.2 Å². The Morgan fingerprint density at radius 2 is 2.06 bits per heavy atom. The van der Waals surface area contributed by atoms with Crippen molar-refractivity contribution in [3.05, 3.63) is 65.4 Å². The van der Waals surface area contributed by atoms with Crippen LogP contribution in [0.25, 0.3) is 10.9 Å². The van der Waals surface area contributed by atoms with Crippen LogP contribution < -0.4 is 15.5 Å². The zero-order chi connectivity index (χ0) is 20.9. The fraction of sp³-hybridized carbons (Fsp3) is 0.360. The summed E-state index contributed by atoms with van der Waals surface area (Å²) in [6, 6.07) is 18.6. The van der Waals surface area contributed by atoms with Crippen molar-refractivity contribution in [3.8, 4) is 6.07 Å². The number of hydrogen-bond acceptors (Lipinski definition) is 6. The summed E-state index contributed by atoms with van der Waals surface area (Å²) in [5.74, 6) is 0. The second kappa shape index (κ2) is 7.23. The first-order chi connectivity index (χ1) is 15.2. The van der Waals surface area contributed by atoms with E-state index >= 15 is 0 Å². The molecule has 2 saturated heterocycles. The van der Waals surface area contributed by atoms with E-state index in [2.05, 4.69) is 68.7 Å². The van der Waals surface area contributed by atoms with Crippen molar-refractivity contribution in [2.24, 2.45) is 0 Å². The number of piperazine rings is 1. The first-order valence-corrected chi connectivity index (χ1v) is 11.1. The second-order valence-corrected chi connectivity index (χ2v) is 9.00. The number of hydrogen-bond donors (Lipinski definition) is 2. The first-order valence-electron chi connectivity index (χ1n) is 11.1. The lowest BCUT2D eigenvalue weighted by Crippen LogP contribution is -2.51. The standard InChI is InChI=1S/C25H26N6/c1-16-13-30(23-7-4-17(10-26)25-22(23)3-2-8-28-25)15-24-21-6-5-19(29-20-11-27-12-20)9-18(21)14-31(16)24/h2-9,16,20,24,27,29H,11-15H2,1H3. The van der Waals surface area contributed by atoms with E-state index in [9.17, 15) is 5.26 Å². The molecule has 2 N–H and O–H groups in total. The van der Waals surface area contributed by atoms with Crippen molar-refractivity contribution < 1.29 is 0 Å². The Morgan fingerprint density at radius 1 is 1.16 bits per heavy atom. The third kappa shape index (κ3) is 3.04. The number of benzene rings is 2. The highest BCUT2D eigenvalue weighted by atomic mass is 15.3. The third-order valence-corrected chi connectivity index (χ3v) is 7.06. The lowest BCUT2D eigenvalue weighted by molar-refractivity contribution is 0.134. The van der Waals surface area contributed by atoms with E-state index in [4.69, 9.17) is 0 Å². The molecule has 3 aliphatic heterocycles. The molecule has 2 atom stereocenters. The predicted octanol–water partition coefficient (Wildman–Crippen LogP) is 3.26. The molecule has 6 rings (SSSR count). The van der Waals surface area contributed by atoms with E-state index in [1.165, 1.54) is 22.5 Å². The summed E-state index contributed by atoms with van der Waals surface area (Å²) in [6.07, 6.45) is 1.77. The van der Waals surface area contributed by atoms with Crippen molar-refractivity contribution in [1.29, 1.82) is 5.26 Å². The number of fused-ring (bicyclic) bond motifs is 4. The average molecular weight is 411 g/mol. The fourth-order valence-electron chi connectivity index (χ4n) is 5.36. The van der Waals surface area contributed by atoms with Crippen LogP contribution in [0.2, 0.25) is 0 Å². The van der Waals surface area contributed by atoms with Crippen LogP contribution >= 0.6 is 0 Å². The Bertz CT molecular complexity index is 1190. The molecule has 0 aliphatic carbocycles. The van der Waals surface area contributed by atoms with Gasteiger partial charge in [-0.25, -0.2) is 0 Å². The van der Waals surface area contributed by atoms with Gasteiger partial charge in [-0.2, -0.15) is 5.26 Å². The van der Waals surface area contributed by atoms with Crippen molar-refractivity contribution in [2.45, 2.75) is 31.6 Å². The van der Waals surface area contributed by atoms with Gasteiger partial charge in [0, 0.05) is 61.7 Å². The normalized spacial score (nSPS) is 23.2. The highest BCUT2D eigenvalue weighted by Gasteiger charge is 2.39. The van der Waals surface area contributed by atoms with Crippen LogP contribution in [0.1, 0.15) is 29.7 Å². The molecule has 0 radical (unpaired) electrons. The third-order valence-electron chi connectivity index (χ3n) is 7.06. The van der Waals surface area contributed by atoms with Gasteiger partial charge in [0.2, 0.25) is 0 Å². The van der Waals surface area contributed by atoms with Gasteiger partial charge >= 0.3 is 0 Å². The smallest absolute Gasteiger partial charge is 0.101 e. The van der Waals surface area contributed by atoms with E-state index in [1.807, 2.05) is 12.1 Å². The molecule has 0 spiro atoms. The van der Waals surface area contributed by atoms with Gasteiger partial charge < -0.3 is 15.5 Å². The van der Waals surface area contributed by atoms with Gasteiger partial charge in [0.05, 0.1) is 23.2 Å². The summed E-state index contributed by atoms with van der Waals surface area (Å²) in [5, 5.41) is 17.5. The number of pyridine rings is 1. The van der Waals surface area contributed by atoms with Gasteiger partial charge in [-0.05, 0) is 54.4 Å². The maximum Gasteiger partial charge on any atom is 0.101 e. The molecule has 2 unspecified atom stereocenters. The lowest BCUT2D eigenvalue weighted by atomic mass is 9.99. The molecule has 0 bridgehead atoms. The number of nitrogens with one attached hydrogen (secondary N) is 2. The highest BCUT2D eigenvalue weighted by molar-refractivity contribution is 5.95. The van der Waals surface area contributed by atoms with Crippen LogP contribution in [0.15, 0.2) is 48.7 Å². The largest absolute Gasteiger partial charge is 0.380 e. The molecule has 2 fully saturated rings. The Kier molecular flexibility index (Phi) is 4.34. The van der Waals surface area contributed by atoms with Crippen LogP contribution in [0.4, 0.5) is 11.4 Å². The molecule has 0 amide bonds. The number of aromatic nitrogens is 1. The van der Waals surface area contributed by atoms with Gasteiger partial charge in [0.15, 0.2) is 0 Å². The van der Waals surface area contributed by atoms with Gasteiger partial charge in [0.1, 0.15) is 6.07 Å². The summed E-state index contributed by atoms with van der Waals surface area (Å²) < 4.78 is 0. The van der Waals surface area contributed by atoms with Gasteiger partial charge in [-0.15, -0.1) is 0 Å². The molecule has 0 saturated carbocycles. The van der Waals surface area contributed by atoms with Crippen LogP contribution in [0, 0.1) is 11.3 Å². The Morgan fingerprint density at radius 3 is 2.87 bits per heavy atom. The molecule has 3 aromatic rings. The van der Waals surface area contributed by atoms with Crippen LogP contribution in [-0.4, -0.2) is 48.1 Å². The van der Waals surface area contributed by atoms with Crippen LogP contribution in [0.3, 0.4) is 0 Å². The fourth-order valence-corrected chi connectivity index (χ4v) is 5.36. The quantitative estimate of drug-likeness (QED) is 0.691. The SMILES string of the molecule is CC1CN(c2ccc(C#N)c3ncccc23)CC2c3ccc(NC4CNC4)cc3CN12. The highest BCUT2D eigenvalue weighted by Crippen LogP contribution is 2.42. The summed E-state index contributed by atoms with van der Waals surface area (Å²) in [5.41, 5.74) is 6.74. The summed E-state index contributed by atoms with van der Waals surface area (Å²) in [4.78, 5) is 9.63. The molecule has 2 aromatic carbocycles. The number of nitrogens with zero attached hydrogens (tertiary/aromatic N) is 4. The molecule has 6 heteroatoms. The second-order valence-electron chi connectivity index (χ2n) is 9.00. The first kappa shape index (κ1) is 18.6. The molecule has 6 nitrogen and oxygen atoms in total. The number of rotatable bonds is 3. The lowest BCUT2D eigenvalue weighted by Gasteiger charge is -2.43. The maximum absolute atomic E-state index is 9.49. The van der Waals surface area contributed by atoms with E-state index in [-0.39, 0.29) is 0 Å². The Labute approximate surface area is 182 Å². The van der Waals surface area contributed by atoms with Gasteiger partial charge in [-0.1, -0.05) is 6.07 Å². The molecule has 4 heterocycles. The Hall–Kier alpha value is -3.14. The van der Waals surface area contributed by atoms with Gasteiger partial charge in [0.25, 0.3) is 0 Å². The predicted molar refractivity (Wildman–Crippen MR) is 123 cm³/mol. The zero-order valence-corrected chi connectivity index (χ0v) is 17.7. The average Bonchev–Trinajstić information content (AvgIpc) is 3.14. The van der Waals surface area contributed by atoms with Crippen molar-refractivity contribution >= 4 is 22.3 Å². The van der Waals surface area contributed by atoms with E-state index in [1.54, 1.807) is 6.20 Å². The summed E-state index contributed by atoms with van der Waals surface area (Å²) in [7, 11) is 0. The van der Waals surface area contributed by atoms with Crippen molar-refractivity contribution in [2.75, 3.05) is 36.4 Å². The van der Waals surface area contributed by atoms with Crippen molar-refractivity contribution in [1.82, 2.24) is 15.2 Å². The van der Waals surface area contributed by atoms with Crippen molar-refractivity contribution in [3.63, 3.8) is 0 Å². The molecule has 1 aromatic heterocycles. The van der Waals surface area contributed by atoms with Gasteiger partial charge in [-0.3, -0.25) is 9.88 Å². The minimum atomic E-state index is 0.389. The van der Waals surface area contributed by atoms with Crippen LogP contribution in [-0.2, 0) is 6.54 Å². The van der Waals surface area contributed by atoms with Crippen LogP contribution in [0.5, 0.6) is 0 Å². The Balaban J connectivity index is 1.33. The minimum Gasteiger partial charge on any atom is -0.380 e. The number of anilines is 2. The molecule has 156 valence electrons. The van der Waals surface area contributed by atoms with E-state index < -0.39 is 0 Å². The summed E-state index contributed by atoms with van der Waals surface area (Å²) >= 11 is 0. The maximum atomic E-state index is 9.49. The van der Waals surface area contributed by atoms with E-state index in [0.29, 0.717) is 23.7 Å².